The highest BCUT2D eigenvalue weighted by Gasteiger charge is 2.34. The molecule has 4 heteroatoms. The number of rotatable bonds is 4. The third kappa shape index (κ3) is 3.82. The maximum absolute atomic E-state index is 12.4. The molecule has 0 unspecified atom stereocenters. The first-order valence-corrected chi connectivity index (χ1v) is 8.66. The Kier molecular flexibility index (Phi) is 5.13. The quantitative estimate of drug-likeness (QED) is 0.881. The molecule has 0 bridgehead atoms. The molecular formula is C19H20BrNO2. The minimum atomic E-state index is -0.0405. The fourth-order valence-electron chi connectivity index (χ4n) is 3.10. The highest BCUT2D eigenvalue weighted by Crippen LogP contribution is 2.34. The van der Waals surface area contributed by atoms with Gasteiger partial charge in [0.05, 0.1) is 0 Å². The molecule has 0 aliphatic carbocycles. The third-order valence-electron chi connectivity index (χ3n) is 4.51. The van der Waals surface area contributed by atoms with Gasteiger partial charge in [-0.2, -0.15) is 0 Å². The zero-order valence-electron chi connectivity index (χ0n) is 12.9. The monoisotopic (exact) mass is 373 g/mol. The number of carbonyl (C=O) groups excluding carboxylic acids is 1. The van der Waals surface area contributed by atoms with E-state index in [4.69, 9.17) is 4.74 Å². The van der Waals surface area contributed by atoms with Crippen molar-refractivity contribution in [3.63, 3.8) is 0 Å². The van der Waals surface area contributed by atoms with Crippen molar-refractivity contribution in [2.24, 2.45) is 0 Å². The predicted molar refractivity (Wildman–Crippen MR) is 94.6 cm³/mol. The molecule has 3 rings (SSSR count). The highest BCUT2D eigenvalue weighted by atomic mass is 79.9. The van der Waals surface area contributed by atoms with Gasteiger partial charge in [0.15, 0.2) is 0 Å². The van der Waals surface area contributed by atoms with E-state index in [9.17, 15) is 4.79 Å². The molecule has 2 aromatic carbocycles. The molecule has 3 nitrogen and oxygen atoms in total. The summed E-state index contributed by atoms with van der Waals surface area (Å²) in [5.41, 5.74) is 1.91. The Balaban J connectivity index is 1.76. The van der Waals surface area contributed by atoms with Crippen LogP contribution in [0.25, 0.3) is 0 Å². The number of amides is 1. The summed E-state index contributed by atoms with van der Waals surface area (Å²) in [5, 5.41) is 3.12. The summed E-state index contributed by atoms with van der Waals surface area (Å²) >= 11 is 3.41. The molecule has 1 heterocycles. The van der Waals surface area contributed by atoms with Crippen molar-refractivity contribution < 1.29 is 9.53 Å². The van der Waals surface area contributed by atoms with Gasteiger partial charge in [0.1, 0.15) is 0 Å². The first kappa shape index (κ1) is 16.2. The Morgan fingerprint density at radius 2 is 1.83 bits per heavy atom. The molecule has 2 aromatic rings. The molecule has 0 aromatic heterocycles. The molecule has 0 atom stereocenters. The summed E-state index contributed by atoms with van der Waals surface area (Å²) in [6.45, 7) is 2.11. The number of hydrogen-bond donors (Lipinski definition) is 1. The normalized spacial score (nSPS) is 16.7. The second-order valence-electron chi connectivity index (χ2n) is 5.95. The Morgan fingerprint density at radius 1 is 1.09 bits per heavy atom. The standard InChI is InChI=1S/C19H20BrNO2/c20-17-8-4-5-15(13-17)18(22)21-14-19(9-11-23-12-10-19)16-6-2-1-3-7-16/h1-8,13H,9-12,14H2,(H,21,22). The molecule has 1 amide bonds. The summed E-state index contributed by atoms with van der Waals surface area (Å²) in [6.07, 6.45) is 1.85. The zero-order valence-corrected chi connectivity index (χ0v) is 14.5. The van der Waals surface area contributed by atoms with E-state index in [1.165, 1.54) is 5.56 Å². The summed E-state index contributed by atoms with van der Waals surface area (Å²) in [4.78, 5) is 12.4. The molecular weight excluding hydrogens is 354 g/mol. The van der Waals surface area contributed by atoms with Crippen molar-refractivity contribution in [1.29, 1.82) is 0 Å². The summed E-state index contributed by atoms with van der Waals surface area (Å²) in [6, 6.07) is 17.9. The maximum atomic E-state index is 12.4. The first-order chi connectivity index (χ1) is 11.2. The van der Waals surface area contributed by atoms with Crippen molar-refractivity contribution in [3.8, 4) is 0 Å². The third-order valence-corrected chi connectivity index (χ3v) is 5.00. The van der Waals surface area contributed by atoms with E-state index in [2.05, 4.69) is 45.5 Å². The van der Waals surface area contributed by atoms with Crippen LogP contribution in [0.3, 0.4) is 0 Å². The van der Waals surface area contributed by atoms with Crippen LogP contribution in [0.1, 0.15) is 28.8 Å². The Hall–Kier alpha value is -1.65. The van der Waals surface area contributed by atoms with Crippen molar-refractivity contribution in [2.75, 3.05) is 19.8 Å². The van der Waals surface area contributed by atoms with Crippen LogP contribution in [0.4, 0.5) is 0 Å². The lowest BCUT2D eigenvalue weighted by Gasteiger charge is -2.38. The molecule has 1 aliphatic rings. The van der Waals surface area contributed by atoms with Crippen LogP contribution in [0, 0.1) is 0 Å². The number of halogens is 1. The molecule has 0 spiro atoms. The second-order valence-corrected chi connectivity index (χ2v) is 6.87. The van der Waals surface area contributed by atoms with E-state index >= 15 is 0 Å². The van der Waals surface area contributed by atoms with Crippen LogP contribution in [-0.2, 0) is 10.2 Å². The van der Waals surface area contributed by atoms with Crippen LogP contribution in [0.2, 0.25) is 0 Å². The topological polar surface area (TPSA) is 38.3 Å². The van der Waals surface area contributed by atoms with Crippen LogP contribution < -0.4 is 5.32 Å². The molecule has 1 saturated heterocycles. The lowest BCUT2D eigenvalue weighted by molar-refractivity contribution is 0.0487. The SMILES string of the molecule is O=C(NCC1(c2ccccc2)CCOCC1)c1cccc(Br)c1. The molecule has 23 heavy (non-hydrogen) atoms. The van der Waals surface area contributed by atoms with Crippen LogP contribution >= 0.6 is 15.9 Å². The number of hydrogen-bond acceptors (Lipinski definition) is 2. The van der Waals surface area contributed by atoms with E-state index in [0.717, 1.165) is 30.5 Å². The van der Waals surface area contributed by atoms with Crippen LogP contribution in [0.15, 0.2) is 59.1 Å². The Morgan fingerprint density at radius 3 is 2.52 bits per heavy atom. The smallest absolute Gasteiger partial charge is 0.251 e. The molecule has 120 valence electrons. The van der Waals surface area contributed by atoms with Crippen LogP contribution in [-0.4, -0.2) is 25.7 Å². The van der Waals surface area contributed by atoms with E-state index in [1.54, 1.807) is 0 Å². The van der Waals surface area contributed by atoms with Gasteiger partial charge in [-0.1, -0.05) is 52.3 Å². The summed E-state index contributed by atoms with van der Waals surface area (Å²) in [7, 11) is 0. The van der Waals surface area contributed by atoms with E-state index in [1.807, 2.05) is 30.3 Å². The number of ether oxygens (including phenoxy) is 1. The minimum Gasteiger partial charge on any atom is -0.381 e. The summed E-state index contributed by atoms with van der Waals surface area (Å²) < 4.78 is 6.45. The number of nitrogens with one attached hydrogen (secondary N) is 1. The van der Waals surface area contributed by atoms with Crippen LogP contribution in [0.5, 0.6) is 0 Å². The maximum Gasteiger partial charge on any atom is 0.251 e. The molecule has 1 N–H and O–H groups in total. The fourth-order valence-corrected chi connectivity index (χ4v) is 3.50. The van der Waals surface area contributed by atoms with Gasteiger partial charge in [0.2, 0.25) is 0 Å². The Bertz CT molecular complexity index is 666. The van der Waals surface area contributed by atoms with Gasteiger partial charge in [0.25, 0.3) is 5.91 Å². The van der Waals surface area contributed by atoms with Gasteiger partial charge >= 0.3 is 0 Å². The fraction of sp³-hybridized carbons (Fsp3) is 0.316. The highest BCUT2D eigenvalue weighted by molar-refractivity contribution is 9.10. The molecule has 0 saturated carbocycles. The second kappa shape index (κ2) is 7.28. The first-order valence-electron chi connectivity index (χ1n) is 7.87. The van der Waals surface area contributed by atoms with Gasteiger partial charge in [-0.3, -0.25) is 4.79 Å². The largest absolute Gasteiger partial charge is 0.381 e. The lowest BCUT2D eigenvalue weighted by Crippen LogP contribution is -2.44. The van der Waals surface area contributed by atoms with Crippen molar-refractivity contribution >= 4 is 21.8 Å². The molecule has 1 fully saturated rings. The van der Waals surface area contributed by atoms with Crippen molar-refractivity contribution in [2.45, 2.75) is 18.3 Å². The average Bonchev–Trinajstić information content (AvgIpc) is 2.61. The van der Waals surface area contributed by atoms with Gasteiger partial charge in [-0.15, -0.1) is 0 Å². The molecule has 1 aliphatic heterocycles. The van der Waals surface area contributed by atoms with Gasteiger partial charge in [-0.05, 0) is 36.6 Å². The van der Waals surface area contributed by atoms with E-state index in [0.29, 0.717) is 12.1 Å². The number of benzene rings is 2. The van der Waals surface area contributed by atoms with E-state index < -0.39 is 0 Å². The van der Waals surface area contributed by atoms with Gasteiger partial charge < -0.3 is 10.1 Å². The van der Waals surface area contributed by atoms with E-state index in [-0.39, 0.29) is 11.3 Å². The van der Waals surface area contributed by atoms with Gasteiger partial charge in [0, 0.05) is 35.2 Å². The molecule has 0 radical (unpaired) electrons. The summed E-state index contributed by atoms with van der Waals surface area (Å²) in [5.74, 6) is -0.0342. The van der Waals surface area contributed by atoms with Crippen molar-refractivity contribution in [1.82, 2.24) is 5.32 Å². The number of carbonyl (C=O) groups is 1. The minimum absolute atomic E-state index is 0.0342. The van der Waals surface area contributed by atoms with Gasteiger partial charge in [-0.25, -0.2) is 0 Å². The average molecular weight is 374 g/mol. The lowest BCUT2D eigenvalue weighted by atomic mass is 9.74. The predicted octanol–water partition coefficient (Wildman–Crippen LogP) is 3.93. The zero-order chi connectivity index (χ0) is 16.1. The Labute approximate surface area is 145 Å². The van der Waals surface area contributed by atoms with Crippen molar-refractivity contribution in [3.05, 3.63) is 70.2 Å².